The molecule has 1 atom stereocenters. The summed E-state index contributed by atoms with van der Waals surface area (Å²) in [6.07, 6.45) is 6.00. The van der Waals surface area contributed by atoms with E-state index in [1.54, 1.807) is 0 Å². The van der Waals surface area contributed by atoms with Crippen molar-refractivity contribution in [2.24, 2.45) is 0 Å². The average Bonchev–Trinajstić information content (AvgIpc) is 2.72. The van der Waals surface area contributed by atoms with Gasteiger partial charge in [0.2, 0.25) is 0 Å². The van der Waals surface area contributed by atoms with Gasteiger partial charge in [0.25, 0.3) is 0 Å². The molecule has 4 nitrogen and oxygen atoms in total. The number of urea groups is 1. The van der Waals surface area contributed by atoms with Crippen LogP contribution in [0, 0.1) is 0 Å². The molecule has 5 heteroatoms. The maximum Gasteiger partial charge on any atom is 0.319 e. The van der Waals surface area contributed by atoms with E-state index in [0.29, 0.717) is 12.5 Å². The number of hydrogen-bond acceptors (Lipinski definition) is 2. The van der Waals surface area contributed by atoms with E-state index in [1.807, 2.05) is 30.3 Å². The lowest BCUT2D eigenvalue weighted by Crippen LogP contribution is -2.35. The quantitative estimate of drug-likeness (QED) is 0.344. The first kappa shape index (κ1) is 25.2. The highest BCUT2D eigenvalue weighted by Crippen LogP contribution is 2.21. The highest BCUT2D eigenvalue weighted by Gasteiger charge is 2.10. The molecule has 2 aromatic rings. The molecule has 0 heterocycles. The third-order valence-corrected chi connectivity index (χ3v) is 4.92. The predicted octanol–water partition coefficient (Wildman–Crippen LogP) is 5.90. The molecule has 160 valence electrons. The Labute approximate surface area is 186 Å². The van der Waals surface area contributed by atoms with Crippen molar-refractivity contribution in [2.45, 2.75) is 51.9 Å². The fraction of sp³-hybridized carbons (Fsp3) is 0.458. The number of para-hydroxylation sites is 1. The summed E-state index contributed by atoms with van der Waals surface area (Å²) in [6.45, 7) is 6.77. The zero-order valence-electron chi connectivity index (χ0n) is 17.7. The van der Waals surface area contributed by atoms with Gasteiger partial charge in [-0.05, 0) is 48.4 Å². The second-order valence-electron chi connectivity index (χ2n) is 7.28. The highest BCUT2D eigenvalue weighted by atomic mass is 79.9. The predicted molar refractivity (Wildman–Crippen MR) is 129 cm³/mol. The lowest BCUT2D eigenvalue weighted by Gasteiger charge is -2.18. The Morgan fingerprint density at radius 1 is 0.931 bits per heavy atom. The van der Waals surface area contributed by atoms with Crippen molar-refractivity contribution >= 4 is 28.7 Å². The van der Waals surface area contributed by atoms with Crippen LogP contribution in [0.25, 0.3) is 0 Å². The van der Waals surface area contributed by atoms with Crippen molar-refractivity contribution in [1.82, 2.24) is 10.6 Å². The zero-order chi connectivity index (χ0) is 20.0. The number of carbonyl (C=O) groups excluding carboxylic acids is 1. The summed E-state index contributed by atoms with van der Waals surface area (Å²) < 4.78 is 0. The number of hydrogen-bond donors (Lipinski definition) is 3. The van der Waals surface area contributed by atoms with Gasteiger partial charge >= 0.3 is 6.03 Å². The van der Waals surface area contributed by atoms with Crippen molar-refractivity contribution in [3.8, 4) is 0 Å². The van der Waals surface area contributed by atoms with Crippen LogP contribution in [0.3, 0.4) is 0 Å². The number of carbonyl (C=O) groups is 1. The number of aryl methyl sites for hydroxylation is 1. The number of nitrogens with one attached hydrogen (secondary N) is 3. The van der Waals surface area contributed by atoms with Gasteiger partial charge in [0.1, 0.15) is 0 Å². The lowest BCUT2D eigenvalue weighted by atomic mass is 9.93. The largest absolute Gasteiger partial charge is 0.337 e. The molecule has 0 aliphatic heterocycles. The normalized spacial score (nSPS) is 11.4. The molecule has 2 amide bonds. The minimum absolute atomic E-state index is 0. The summed E-state index contributed by atoms with van der Waals surface area (Å²) in [6, 6.07) is 18.5. The van der Waals surface area contributed by atoms with Crippen LogP contribution in [0.2, 0.25) is 0 Å². The Morgan fingerprint density at radius 2 is 1.66 bits per heavy atom. The minimum atomic E-state index is -0.166. The molecule has 0 saturated heterocycles. The monoisotopic (exact) mass is 461 g/mol. The van der Waals surface area contributed by atoms with Gasteiger partial charge in [0, 0.05) is 25.3 Å². The molecule has 0 radical (unpaired) electrons. The molecule has 0 aromatic heterocycles. The number of anilines is 1. The topological polar surface area (TPSA) is 53.2 Å². The number of unbranched alkanes of at least 4 members (excludes halogenated alkanes) is 1. The van der Waals surface area contributed by atoms with Gasteiger partial charge in [-0.3, -0.25) is 0 Å². The van der Waals surface area contributed by atoms with Crippen molar-refractivity contribution in [3.05, 3.63) is 65.7 Å². The summed E-state index contributed by atoms with van der Waals surface area (Å²) >= 11 is 0. The van der Waals surface area contributed by atoms with Gasteiger partial charge in [0.05, 0.1) is 0 Å². The van der Waals surface area contributed by atoms with Gasteiger partial charge < -0.3 is 16.0 Å². The van der Waals surface area contributed by atoms with Crippen LogP contribution < -0.4 is 16.0 Å². The van der Waals surface area contributed by atoms with Crippen LogP contribution >= 0.6 is 17.0 Å². The van der Waals surface area contributed by atoms with Crippen LogP contribution in [0.5, 0.6) is 0 Å². The smallest absolute Gasteiger partial charge is 0.319 e. The molecular weight excluding hydrogens is 426 g/mol. The van der Waals surface area contributed by atoms with Crippen molar-refractivity contribution in [2.75, 3.05) is 25.0 Å². The van der Waals surface area contributed by atoms with E-state index < -0.39 is 0 Å². The number of amides is 2. The van der Waals surface area contributed by atoms with Crippen LogP contribution in [-0.2, 0) is 6.42 Å². The van der Waals surface area contributed by atoms with Crippen molar-refractivity contribution < 1.29 is 4.79 Å². The van der Waals surface area contributed by atoms with Crippen LogP contribution in [0.1, 0.15) is 56.6 Å². The Bertz CT molecular complexity index is 676. The summed E-state index contributed by atoms with van der Waals surface area (Å²) in [5.74, 6) is 0.517. The fourth-order valence-corrected chi connectivity index (χ4v) is 3.31. The van der Waals surface area contributed by atoms with E-state index in [-0.39, 0.29) is 23.0 Å². The molecule has 29 heavy (non-hydrogen) atoms. The first-order valence-corrected chi connectivity index (χ1v) is 10.6. The number of halogens is 1. The van der Waals surface area contributed by atoms with Gasteiger partial charge in [-0.15, -0.1) is 17.0 Å². The maximum absolute atomic E-state index is 11.9. The first-order valence-electron chi connectivity index (χ1n) is 10.6. The molecule has 3 N–H and O–H groups in total. The Morgan fingerprint density at radius 3 is 2.31 bits per heavy atom. The minimum Gasteiger partial charge on any atom is -0.337 e. The number of benzene rings is 2. The molecule has 1 unspecified atom stereocenters. The Kier molecular flexibility index (Phi) is 13.1. The second kappa shape index (κ2) is 15.1. The Hall–Kier alpha value is -1.85. The molecule has 0 bridgehead atoms. The Balaban J connectivity index is 0.00000420. The summed E-state index contributed by atoms with van der Waals surface area (Å²) in [5, 5.41) is 9.22. The van der Waals surface area contributed by atoms with E-state index >= 15 is 0 Å². The van der Waals surface area contributed by atoms with Crippen molar-refractivity contribution in [1.29, 1.82) is 0 Å². The molecular formula is C24H36BrN3O. The van der Waals surface area contributed by atoms with Crippen LogP contribution in [0.15, 0.2) is 54.6 Å². The van der Waals surface area contributed by atoms with E-state index in [9.17, 15) is 4.79 Å². The molecule has 0 saturated carbocycles. The SMILES string of the molecule is Br.CCCCc1ccc(C(CCC)CNCCNC(=O)Nc2ccccc2)cc1. The second-order valence-corrected chi connectivity index (χ2v) is 7.28. The summed E-state index contributed by atoms with van der Waals surface area (Å²) in [4.78, 5) is 11.9. The lowest BCUT2D eigenvalue weighted by molar-refractivity contribution is 0.252. The maximum atomic E-state index is 11.9. The first-order chi connectivity index (χ1) is 13.7. The molecule has 0 aliphatic carbocycles. The average molecular weight is 462 g/mol. The van der Waals surface area contributed by atoms with Crippen LogP contribution in [0.4, 0.5) is 10.5 Å². The third-order valence-electron chi connectivity index (χ3n) is 4.92. The summed E-state index contributed by atoms with van der Waals surface area (Å²) in [7, 11) is 0. The standard InChI is InChI=1S/C24H35N3O.BrH/c1-3-5-10-20-13-15-21(16-14-20)22(9-4-2)19-25-17-18-26-24(28)27-23-11-7-6-8-12-23;/h6-8,11-16,22,25H,3-5,9-10,17-19H2,1-2H3,(H2,26,27,28);1H. The highest BCUT2D eigenvalue weighted by molar-refractivity contribution is 8.93. The van der Waals surface area contributed by atoms with E-state index in [1.165, 1.54) is 43.2 Å². The molecule has 2 rings (SSSR count). The van der Waals surface area contributed by atoms with Crippen molar-refractivity contribution in [3.63, 3.8) is 0 Å². The van der Waals surface area contributed by atoms with Gasteiger partial charge in [-0.25, -0.2) is 4.79 Å². The number of rotatable bonds is 12. The molecule has 0 spiro atoms. The summed E-state index contributed by atoms with van der Waals surface area (Å²) in [5.41, 5.74) is 3.64. The zero-order valence-corrected chi connectivity index (χ0v) is 19.5. The molecule has 0 aliphatic rings. The van der Waals surface area contributed by atoms with Gasteiger partial charge in [0.15, 0.2) is 0 Å². The molecule has 2 aromatic carbocycles. The van der Waals surface area contributed by atoms with Gasteiger partial charge in [-0.1, -0.05) is 69.2 Å². The molecule has 0 fully saturated rings. The van der Waals surface area contributed by atoms with E-state index in [4.69, 9.17) is 0 Å². The van der Waals surface area contributed by atoms with Crippen LogP contribution in [-0.4, -0.2) is 25.7 Å². The third kappa shape index (κ3) is 9.95. The van der Waals surface area contributed by atoms with E-state index in [0.717, 1.165) is 18.8 Å². The fourth-order valence-electron chi connectivity index (χ4n) is 3.31. The van der Waals surface area contributed by atoms with E-state index in [2.05, 4.69) is 54.1 Å². The van der Waals surface area contributed by atoms with Gasteiger partial charge in [-0.2, -0.15) is 0 Å².